The van der Waals surface area contributed by atoms with Crippen LogP contribution in [0.15, 0.2) is 42.5 Å². The molecule has 0 atom stereocenters. The lowest BCUT2D eigenvalue weighted by Crippen LogP contribution is -1.96. The molecule has 0 aliphatic carbocycles. The highest BCUT2D eigenvalue weighted by molar-refractivity contribution is 14.1. The highest BCUT2D eigenvalue weighted by atomic mass is 127. The minimum absolute atomic E-state index is 0.322. The summed E-state index contributed by atoms with van der Waals surface area (Å²) in [5.74, 6) is -1.45. The topological polar surface area (TPSA) is 9.23 Å². The molecule has 88 valence electrons. The van der Waals surface area contributed by atoms with E-state index in [-0.39, 0.29) is 0 Å². The zero-order valence-electron chi connectivity index (χ0n) is 8.79. The van der Waals surface area contributed by atoms with Gasteiger partial charge in [-0.15, -0.1) is 0 Å². The Morgan fingerprint density at radius 3 is 2.29 bits per heavy atom. The van der Waals surface area contributed by atoms with Gasteiger partial charge in [0.25, 0.3) is 0 Å². The molecule has 0 aliphatic heterocycles. The van der Waals surface area contributed by atoms with Gasteiger partial charge >= 0.3 is 0 Å². The van der Waals surface area contributed by atoms with Crippen LogP contribution in [-0.2, 0) is 6.61 Å². The van der Waals surface area contributed by atoms with E-state index in [1.54, 1.807) is 0 Å². The Kier molecular flexibility index (Phi) is 3.93. The number of hydrogen-bond acceptors (Lipinski definition) is 1. The molecule has 0 spiro atoms. The molecule has 0 aliphatic rings. The average Bonchev–Trinajstić information content (AvgIpc) is 2.33. The molecule has 17 heavy (non-hydrogen) atoms. The Bertz CT molecular complexity index is 511. The van der Waals surface area contributed by atoms with Gasteiger partial charge in [0, 0.05) is 9.64 Å². The largest absolute Gasteiger partial charge is 0.489 e. The van der Waals surface area contributed by atoms with Gasteiger partial charge in [0.05, 0.1) is 0 Å². The van der Waals surface area contributed by atoms with E-state index in [0.29, 0.717) is 12.4 Å². The van der Waals surface area contributed by atoms with E-state index < -0.39 is 11.6 Å². The van der Waals surface area contributed by atoms with E-state index >= 15 is 0 Å². The first-order valence-electron chi connectivity index (χ1n) is 4.97. The van der Waals surface area contributed by atoms with Crippen LogP contribution in [0, 0.1) is 15.2 Å². The van der Waals surface area contributed by atoms with Gasteiger partial charge < -0.3 is 4.74 Å². The van der Waals surface area contributed by atoms with Crippen LogP contribution in [-0.4, -0.2) is 0 Å². The average molecular weight is 346 g/mol. The molecule has 0 aromatic heterocycles. The highest BCUT2D eigenvalue weighted by Gasteiger charge is 2.03. The van der Waals surface area contributed by atoms with Crippen molar-refractivity contribution >= 4 is 22.6 Å². The second-order valence-corrected chi connectivity index (χ2v) is 4.74. The quantitative estimate of drug-likeness (QED) is 0.759. The first-order chi connectivity index (χ1) is 8.15. The first-order valence-corrected chi connectivity index (χ1v) is 6.05. The SMILES string of the molecule is Fc1ccc(OCc2ccc(I)cc2)cc1F. The summed E-state index contributed by atoms with van der Waals surface area (Å²) in [6.07, 6.45) is 0. The number of rotatable bonds is 3. The van der Waals surface area contributed by atoms with Crippen LogP contribution in [0.25, 0.3) is 0 Å². The molecule has 0 amide bonds. The lowest BCUT2D eigenvalue weighted by molar-refractivity contribution is 0.303. The molecule has 1 nitrogen and oxygen atoms in total. The van der Waals surface area contributed by atoms with Gasteiger partial charge in [-0.1, -0.05) is 12.1 Å². The summed E-state index contributed by atoms with van der Waals surface area (Å²) in [4.78, 5) is 0. The van der Waals surface area contributed by atoms with E-state index in [2.05, 4.69) is 22.6 Å². The molecule has 0 radical (unpaired) electrons. The molecule has 2 rings (SSSR count). The van der Waals surface area contributed by atoms with Gasteiger partial charge in [0.1, 0.15) is 12.4 Å². The normalized spacial score (nSPS) is 10.3. The monoisotopic (exact) mass is 346 g/mol. The van der Waals surface area contributed by atoms with E-state index in [1.165, 1.54) is 6.07 Å². The predicted molar refractivity (Wildman–Crippen MR) is 69.8 cm³/mol. The van der Waals surface area contributed by atoms with E-state index in [1.807, 2.05) is 24.3 Å². The maximum atomic E-state index is 12.9. The Morgan fingerprint density at radius 1 is 0.941 bits per heavy atom. The van der Waals surface area contributed by atoms with Crippen molar-refractivity contribution in [3.05, 3.63) is 63.2 Å². The van der Waals surface area contributed by atoms with Crippen molar-refractivity contribution in [3.63, 3.8) is 0 Å². The predicted octanol–water partition coefficient (Wildman–Crippen LogP) is 4.15. The molecule has 0 N–H and O–H groups in total. The highest BCUT2D eigenvalue weighted by Crippen LogP contribution is 2.17. The molecule has 0 saturated heterocycles. The van der Waals surface area contributed by atoms with Crippen molar-refractivity contribution in [2.45, 2.75) is 6.61 Å². The maximum Gasteiger partial charge on any atom is 0.162 e. The minimum atomic E-state index is -0.898. The van der Waals surface area contributed by atoms with Gasteiger partial charge in [0.15, 0.2) is 11.6 Å². The molecule has 2 aromatic carbocycles. The smallest absolute Gasteiger partial charge is 0.162 e. The molecule has 0 unspecified atom stereocenters. The molecule has 0 heterocycles. The Balaban J connectivity index is 2.02. The fraction of sp³-hybridized carbons (Fsp3) is 0.0769. The standard InChI is InChI=1S/C13H9F2IO/c14-12-6-5-11(7-13(12)15)17-8-9-1-3-10(16)4-2-9/h1-7H,8H2. The zero-order valence-corrected chi connectivity index (χ0v) is 10.9. The zero-order chi connectivity index (χ0) is 12.3. The summed E-state index contributed by atoms with van der Waals surface area (Å²) >= 11 is 2.21. The molecule has 0 saturated carbocycles. The van der Waals surface area contributed by atoms with Gasteiger partial charge in [-0.05, 0) is 52.4 Å². The van der Waals surface area contributed by atoms with Crippen LogP contribution in [0.5, 0.6) is 5.75 Å². The third kappa shape index (κ3) is 3.39. The van der Waals surface area contributed by atoms with Crippen molar-refractivity contribution in [3.8, 4) is 5.75 Å². The van der Waals surface area contributed by atoms with Crippen molar-refractivity contribution < 1.29 is 13.5 Å². The summed E-state index contributed by atoms with van der Waals surface area (Å²) in [5, 5.41) is 0. The fourth-order valence-electron chi connectivity index (χ4n) is 1.31. The summed E-state index contributed by atoms with van der Waals surface area (Å²) in [5.41, 5.74) is 0.982. The Hall–Kier alpha value is -1.17. The van der Waals surface area contributed by atoms with E-state index in [9.17, 15) is 8.78 Å². The molecule has 4 heteroatoms. The third-order valence-corrected chi connectivity index (χ3v) is 2.93. The fourth-order valence-corrected chi connectivity index (χ4v) is 1.67. The Morgan fingerprint density at radius 2 is 1.65 bits per heavy atom. The van der Waals surface area contributed by atoms with Crippen LogP contribution >= 0.6 is 22.6 Å². The van der Waals surface area contributed by atoms with Crippen molar-refractivity contribution in [2.24, 2.45) is 0 Å². The number of hydrogen-bond donors (Lipinski definition) is 0. The minimum Gasteiger partial charge on any atom is -0.489 e. The van der Waals surface area contributed by atoms with Gasteiger partial charge in [-0.2, -0.15) is 0 Å². The Labute approximate surface area is 112 Å². The summed E-state index contributed by atoms with van der Waals surface area (Å²) in [6.45, 7) is 0.335. The molecule has 0 fully saturated rings. The van der Waals surface area contributed by atoms with Crippen LogP contribution in [0.4, 0.5) is 8.78 Å². The second-order valence-electron chi connectivity index (χ2n) is 3.49. The van der Waals surface area contributed by atoms with Crippen molar-refractivity contribution in [2.75, 3.05) is 0 Å². The van der Waals surface area contributed by atoms with Crippen molar-refractivity contribution in [1.29, 1.82) is 0 Å². The summed E-state index contributed by atoms with van der Waals surface area (Å²) in [7, 11) is 0. The molecular weight excluding hydrogens is 337 g/mol. The summed E-state index contributed by atoms with van der Waals surface area (Å²) in [6, 6.07) is 11.3. The summed E-state index contributed by atoms with van der Waals surface area (Å²) < 4.78 is 32.1. The van der Waals surface area contributed by atoms with Crippen LogP contribution < -0.4 is 4.74 Å². The first kappa shape index (κ1) is 12.3. The van der Waals surface area contributed by atoms with E-state index in [4.69, 9.17) is 4.74 Å². The maximum absolute atomic E-state index is 12.9. The number of halogens is 3. The van der Waals surface area contributed by atoms with E-state index in [0.717, 1.165) is 21.3 Å². The lowest BCUT2D eigenvalue weighted by Gasteiger charge is -2.06. The molecular formula is C13H9F2IO. The number of ether oxygens (including phenoxy) is 1. The van der Waals surface area contributed by atoms with Gasteiger partial charge in [-0.25, -0.2) is 8.78 Å². The number of benzene rings is 2. The third-order valence-electron chi connectivity index (χ3n) is 2.21. The second kappa shape index (κ2) is 5.44. The molecule has 2 aromatic rings. The van der Waals surface area contributed by atoms with Crippen LogP contribution in [0.1, 0.15) is 5.56 Å². The van der Waals surface area contributed by atoms with Gasteiger partial charge in [-0.3, -0.25) is 0 Å². The van der Waals surface area contributed by atoms with Gasteiger partial charge in [0.2, 0.25) is 0 Å². The van der Waals surface area contributed by atoms with Crippen LogP contribution in [0.3, 0.4) is 0 Å². The van der Waals surface area contributed by atoms with Crippen molar-refractivity contribution in [1.82, 2.24) is 0 Å². The lowest BCUT2D eigenvalue weighted by atomic mass is 10.2. The van der Waals surface area contributed by atoms with Crippen LogP contribution in [0.2, 0.25) is 0 Å². The molecule has 0 bridgehead atoms.